The summed E-state index contributed by atoms with van der Waals surface area (Å²) in [4.78, 5) is 22.2. The standard InChI is InChI=1S/C29H35F3N4O4/c1-19-25(33-28(34(19)2)20-6-9-22(10-7-20)29(30,31)32)23(37)12-13-35-14-16-36(17-15-35)18-21-8-11-24(38-3)27(40-5)26(21)39-4/h6-11H,12-18H2,1-5H3. The molecule has 216 valence electrons. The summed E-state index contributed by atoms with van der Waals surface area (Å²) < 4.78 is 57.0. The number of Topliss-reactive ketones (excluding diaryl/α,β-unsaturated/α-hetero) is 1. The van der Waals surface area contributed by atoms with Gasteiger partial charge in [-0.05, 0) is 25.1 Å². The number of benzene rings is 2. The number of ketones is 1. The average Bonchev–Trinajstić information content (AvgIpc) is 3.25. The van der Waals surface area contributed by atoms with Crippen molar-refractivity contribution in [3.8, 4) is 28.6 Å². The van der Waals surface area contributed by atoms with Crippen LogP contribution in [0.4, 0.5) is 13.2 Å². The number of halogens is 3. The monoisotopic (exact) mass is 560 g/mol. The van der Waals surface area contributed by atoms with Gasteiger partial charge in [0, 0.05) is 69.6 Å². The number of hydrogen-bond donors (Lipinski definition) is 0. The third kappa shape index (κ3) is 6.26. The third-order valence-corrected chi connectivity index (χ3v) is 7.42. The van der Waals surface area contributed by atoms with Crippen molar-refractivity contribution in [2.75, 3.05) is 54.1 Å². The van der Waals surface area contributed by atoms with E-state index in [-0.39, 0.29) is 5.78 Å². The van der Waals surface area contributed by atoms with Gasteiger partial charge in [-0.25, -0.2) is 4.98 Å². The van der Waals surface area contributed by atoms with Gasteiger partial charge in [0.05, 0.1) is 26.9 Å². The van der Waals surface area contributed by atoms with Gasteiger partial charge in [-0.1, -0.05) is 18.2 Å². The van der Waals surface area contributed by atoms with E-state index in [9.17, 15) is 18.0 Å². The Kier molecular flexibility index (Phi) is 9.05. The zero-order chi connectivity index (χ0) is 29.0. The summed E-state index contributed by atoms with van der Waals surface area (Å²) >= 11 is 0. The molecule has 0 aliphatic carbocycles. The zero-order valence-corrected chi connectivity index (χ0v) is 23.5. The first-order valence-corrected chi connectivity index (χ1v) is 13.0. The van der Waals surface area contributed by atoms with Crippen LogP contribution in [0.15, 0.2) is 36.4 Å². The normalized spacial score (nSPS) is 14.8. The molecule has 2 aromatic carbocycles. The molecule has 1 aliphatic rings. The van der Waals surface area contributed by atoms with Crippen LogP contribution < -0.4 is 14.2 Å². The van der Waals surface area contributed by atoms with Crippen LogP contribution in [0, 0.1) is 6.92 Å². The van der Waals surface area contributed by atoms with Gasteiger partial charge in [0.15, 0.2) is 17.3 Å². The predicted molar refractivity (Wildman–Crippen MR) is 145 cm³/mol. The lowest BCUT2D eigenvalue weighted by Gasteiger charge is -2.34. The van der Waals surface area contributed by atoms with Gasteiger partial charge in [-0.15, -0.1) is 0 Å². The number of piperazine rings is 1. The van der Waals surface area contributed by atoms with Crippen LogP contribution >= 0.6 is 0 Å². The van der Waals surface area contributed by atoms with E-state index in [0.29, 0.717) is 59.5 Å². The molecule has 0 spiro atoms. The number of rotatable bonds is 10. The largest absolute Gasteiger partial charge is 0.493 e. The number of alkyl halides is 3. The first kappa shape index (κ1) is 29.4. The van der Waals surface area contributed by atoms with E-state index in [1.807, 2.05) is 12.1 Å². The van der Waals surface area contributed by atoms with Crippen molar-refractivity contribution < 1.29 is 32.2 Å². The van der Waals surface area contributed by atoms with Gasteiger partial charge < -0.3 is 23.7 Å². The van der Waals surface area contributed by atoms with Gasteiger partial charge in [0.1, 0.15) is 11.5 Å². The predicted octanol–water partition coefficient (Wildman–Crippen LogP) is 4.83. The van der Waals surface area contributed by atoms with Crippen LogP contribution in [0.5, 0.6) is 17.2 Å². The summed E-state index contributed by atoms with van der Waals surface area (Å²) in [5.41, 5.74) is 1.87. The highest BCUT2D eigenvalue weighted by molar-refractivity contribution is 5.96. The summed E-state index contributed by atoms with van der Waals surface area (Å²) in [6.45, 7) is 6.43. The van der Waals surface area contributed by atoms with Gasteiger partial charge in [0.25, 0.3) is 0 Å². The van der Waals surface area contributed by atoms with Crippen LogP contribution in [0.1, 0.15) is 33.7 Å². The Morgan fingerprint density at radius 2 is 1.52 bits per heavy atom. The van der Waals surface area contributed by atoms with Crippen LogP contribution in [0.3, 0.4) is 0 Å². The number of methoxy groups -OCH3 is 3. The van der Waals surface area contributed by atoms with Crippen molar-refractivity contribution in [2.45, 2.75) is 26.1 Å². The summed E-state index contributed by atoms with van der Waals surface area (Å²) in [6.07, 6.45) is -4.09. The summed E-state index contributed by atoms with van der Waals surface area (Å²) in [6, 6.07) is 8.69. The summed E-state index contributed by atoms with van der Waals surface area (Å²) in [5, 5.41) is 0. The van der Waals surface area contributed by atoms with E-state index in [2.05, 4.69) is 14.8 Å². The number of imidazole rings is 1. The molecule has 0 radical (unpaired) electrons. The molecule has 0 atom stereocenters. The fourth-order valence-corrected chi connectivity index (χ4v) is 4.99. The van der Waals surface area contributed by atoms with Crippen LogP contribution in [-0.2, 0) is 19.8 Å². The molecule has 40 heavy (non-hydrogen) atoms. The first-order valence-electron chi connectivity index (χ1n) is 13.0. The molecule has 0 bridgehead atoms. The quantitative estimate of drug-likeness (QED) is 0.329. The second-order valence-corrected chi connectivity index (χ2v) is 9.79. The minimum absolute atomic E-state index is 0.0799. The summed E-state index contributed by atoms with van der Waals surface area (Å²) in [5.74, 6) is 2.24. The maximum absolute atomic E-state index is 13.1. The fourth-order valence-electron chi connectivity index (χ4n) is 4.99. The SMILES string of the molecule is COc1ccc(CN2CCN(CCC(=O)c3nc(-c4ccc(C(F)(F)F)cc4)n(C)c3C)CC2)c(OC)c1OC. The van der Waals surface area contributed by atoms with Gasteiger partial charge in [-0.2, -0.15) is 13.2 Å². The van der Waals surface area contributed by atoms with E-state index in [0.717, 1.165) is 43.9 Å². The molecule has 1 aliphatic heterocycles. The molecule has 1 saturated heterocycles. The molecule has 0 N–H and O–H groups in total. The Morgan fingerprint density at radius 1 is 0.900 bits per heavy atom. The molecule has 11 heteroatoms. The average molecular weight is 561 g/mol. The Labute approximate surface area is 232 Å². The van der Waals surface area contributed by atoms with E-state index < -0.39 is 11.7 Å². The number of aromatic nitrogens is 2. The smallest absolute Gasteiger partial charge is 0.416 e. The number of carbonyl (C=O) groups is 1. The topological polar surface area (TPSA) is 69.1 Å². The molecule has 2 heterocycles. The number of carbonyl (C=O) groups excluding carboxylic acids is 1. The minimum Gasteiger partial charge on any atom is -0.493 e. The third-order valence-electron chi connectivity index (χ3n) is 7.42. The van der Waals surface area contributed by atoms with Crippen LogP contribution in [0.2, 0.25) is 0 Å². The molecule has 0 saturated carbocycles. The van der Waals surface area contributed by atoms with Crippen molar-refractivity contribution >= 4 is 5.78 Å². The second-order valence-electron chi connectivity index (χ2n) is 9.79. The molecule has 0 unspecified atom stereocenters. The molecule has 8 nitrogen and oxygen atoms in total. The molecule has 1 fully saturated rings. The van der Waals surface area contributed by atoms with Crippen molar-refractivity contribution in [2.24, 2.45) is 7.05 Å². The van der Waals surface area contributed by atoms with E-state index in [4.69, 9.17) is 14.2 Å². The Hall–Kier alpha value is -3.57. The number of ether oxygens (including phenoxy) is 3. The van der Waals surface area contributed by atoms with E-state index in [1.165, 1.54) is 12.1 Å². The molecule has 4 rings (SSSR count). The fraction of sp³-hybridized carbons (Fsp3) is 0.448. The molecule has 1 aromatic heterocycles. The Balaban J connectivity index is 1.33. The van der Waals surface area contributed by atoms with Crippen molar-refractivity contribution in [3.63, 3.8) is 0 Å². The van der Waals surface area contributed by atoms with Gasteiger partial charge in [-0.3, -0.25) is 9.69 Å². The van der Waals surface area contributed by atoms with Crippen LogP contribution in [0.25, 0.3) is 11.4 Å². The minimum atomic E-state index is -4.40. The van der Waals surface area contributed by atoms with Crippen molar-refractivity contribution in [1.29, 1.82) is 0 Å². The molecule has 3 aromatic rings. The lowest BCUT2D eigenvalue weighted by molar-refractivity contribution is -0.137. The van der Waals surface area contributed by atoms with E-state index in [1.54, 1.807) is 39.9 Å². The zero-order valence-electron chi connectivity index (χ0n) is 23.5. The maximum atomic E-state index is 13.1. The number of hydrogen-bond acceptors (Lipinski definition) is 7. The lowest BCUT2D eigenvalue weighted by atomic mass is 10.1. The van der Waals surface area contributed by atoms with E-state index >= 15 is 0 Å². The highest BCUT2D eigenvalue weighted by atomic mass is 19.4. The summed E-state index contributed by atoms with van der Waals surface area (Å²) in [7, 11) is 6.56. The number of nitrogens with zero attached hydrogens (tertiary/aromatic N) is 4. The molecule has 0 amide bonds. The van der Waals surface area contributed by atoms with Crippen molar-refractivity contribution in [1.82, 2.24) is 19.4 Å². The van der Waals surface area contributed by atoms with Crippen molar-refractivity contribution in [3.05, 3.63) is 58.9 Å². The van der Waals surface area contributed by atoms with Crippen LogP contribution in [-0.4, -0.2) is 79.2 Å². The Morgan fingerprint density at radius 3 is 2.10 bits per heavy atom. The first-order chi connectivity index (χ1) is 19.1. The van der Waals surface area contributed by atoms with Gasteiger partial charge in [0.2, 0.25) is 5.75 Å². The maximum Gasteiger partial charge on any atom is 0.416 e. The molecular formula is C29H35F3N4O4. The highest BCUT2D eigenvalue weighted by Crippen LogP contribution is 2.40. The van der Waals surface area contributed by atoms with Gasteiger partial charge >= 0.3 is 6.18 Å². The highest BCUT2D eigenvalue weighted by Gasteiger charge is 2.30. The lowest BCUT2D eigenvalue weighted by Crippen LogP contribution is -2.46. The second kappa shape index (κ2) is 12.3. The Bertz CT molecular complexity index is 1330. The molecular weight excluding hydrogens is 525 g/mol.